The minimum atomic E-state index is 0.262. The summed E-state index contributed by atoms with van der Waals surface area (Å²) in [5.41, 5.74) is 1.03. The van der Waals surface area contributed by atoms with E-state index in [1.807, 2.05) is 4.90 Å². The monoisotopic (exact) mass is 306 g/mol. The van der Waals surface area contributed by atoms with Gasteiger partial charge in [-0.1, -0.05) is 0 Å². The number of H-pyrrole nitrogens is 1. The maximum Gasteiger partial charge on any atom is 0.223 e. The first-order valence-corrected chi connectivity index (χ1v) is 8.36. The molecule has 2 aliphatic heterocycles. The van der Waals surface area contributed by atoms with Crippen LogP contribution in [-0.2, 0) is 16.0 Å². The minimum Gasteiger partial charge on any atom is -0.381 e. The summed E-state index contributed by atoms with van der Waals surface area (Å²) in [6, 6.07) is 0. The van der Waals surface area contributed by atoms with E-state index in [-0.39, 0.29) is 5.91 Å². The molecule has 3 heterocycles. The third kappa shape index (κ3) is 4.30. The zero-order valence-corrected chi connectivity index (χ0v) is 13.2. The standard InChI is InChI=1S/C16H26N4O2/c21-16(2-1-15-11-17-13-18-15)20-8-6-19(7-9-20)5-3-14-4-10-22-12-14/h11,13-14H,1-10,12H2,(H,17,18). The highest BCUT2D eigenvalue weighted by Gasteiger charge is 2.22. The topological polar surface area (TPSA) is 61.5 Å². The number of imidazole rings is 1. The van der Waals surface area contributed by atoms with Gasteiger partial charge in [0.25, 0.3) is 0 Å². The number of carbonyl (C=O) groups excluding carboxylic acids is 1. The van der Waals surface area contributed by atoms with Crippen molar-refractivity contribution in [1.29, 1.82) is 0 Å². The lowest BCUT2D eigenvalue weighted by molar-refractivity contribution is -0.132. The number of aromatic amines is 1. The lowest BCUT2D eigenvalue weighted by Gasteiger charge is -2.35. The predicted octanol–water partition coefficient (Wildman–Crippen LogP) is 0.913. The number of amides is 1. The van der Waals surface area contributed by atoms with Crippen molar-refractivity contribution in [3.8, 4) is 0 Å². The van der Waals surface area contributed by atoms with E-state index in [1.165, 1.54) is 12.8 Å². The van der Waals surface area contributed by atoms with Crippen molar-refractivity contribution in [3.63, 3.8) is 0 Å². The van der Waals surface area contributed by atoms with E-state index in [4.69, 9.17) is 4.74 Å². The number of nitrogens with one attached hydrogen (secondary N) is 1. The zero-order valence-electron chi connectivity index (χ0n) is 13.2. The van der Waals surface area contributed by atoms with Crippen LogP contribution in [0.3, 0.4) is 0 Å². The van der Waals surface area contributed by atoms with Crippen molar-refractivity contribution in [2.24, 2.45) is 5.92 Å². The number of hydrogen-bond donors (Lipinski definition) is 1. The molecule has 1 unspecified atom stereocenters. The molecule has 6 heteroatoms. The Balaban J connectivity index is 1.33. The smallest absolute Gasteiger partial charge is 0.223 e. The Morgan fingerprint density at radius 3 is 2.91 bits per heavy atom. The number of aromatic nitrogens is 2. The molecule has 22 heavy (non-hydrogen) atoms. The van der Waals surface area contributed by atoms with Crippen LogP contribution < -0.4 is 0 Å². The maximum atomic E-state index is 12.2. The van der Waals surface area contributed by atoms with Crippen LogP contribution in [0.4, 0.5) is 0 Å². The van der Waals surface area contributed by atoms with E-state index in [0.29, 0.717) is 6.42 Å². The first kappa shape index (κ1) is 15.5. The maximum absolute atomic E-state index is 12.2. The van der Waals surface area contributed by atoms with Crippen molar-refractivity contribution in [1.82, 2.24) is 19.8 Å². The molecule has 0 saturated carbocycles. The van der Waals surface area contributed by atoms with Crippen LogP contribution in [0.5, 0.6) is 0 Å². The Kier molecular flexibility index (Phi) is 5.45. The summed E-state index contributed by atoms with van der Waals surface area (Å²) >= 11 is 0. The Hall–Kier alpha value is -1.40. The van der Waals surface area contributed by atoms with Crippen LogP contribution in [0.15, 0.2) is 12.5 Å². The highest BCUT2D eigenvalue weighted by molar-refractivity contribution is 5.76. The summed E-state index contributed by atoms with van der Waals surface area (Å²) in [6.07, 6.45) is 7.22. The molecule has 2 saturated heterocycles. The van der Waals surface area contributed by atoms with Crippen LogP contribution in [0.1, 0.15) is 25.0 Å². The summed E-state index contributed by atoms with van der Waals surface area (Å²) in [5.74, 6) is 1.01. The number of nitrogens with zero attached hydrogens (tertiary/aromatic N) is 3. The quantitative estimate of drug-likeness (QED) is 0.849. The molecule has 2 aliphatic rings. The molecule has 1 aromatic heterocycles. The van der Waals surface area contributed by atoms with Gasteiger partial charge in [0.05, 0.1) is 6.33 Å². The van der Waals surface area contributed by atoms with E-state index in [9.17, 15) is 4.79 Å². The average molecular weight is 306 g/mol. The van der Waals surface area contributed by atoms with E-state index < -0.39 is 0 Å². The van der Waals surface area contributed by atoms with E-state index >= 15 is 0 Å². The molecule has 1 aromatic rings. The van der Waals surface area contributed by atoms with Crippen LogP contribution in [0.2, 0.25) is 0 Å². The molecule has 1 atom stereocenters. The first-order chi connectivity index (χ1) is 10.8. The summed E-state index contributed by atoms with van der Waals surface area (Å²) in [4.78, 5) is 23.7. The Morgan fingerprint density at radius 1 is 1.36 bits per heavy atom. The Labute approximate surface area is 131 Å². The Bertz CT molecular complexity index is 449. The third-order valence-electron chi connectivity index (χ3n) is 4.77. The van der Waals surface area contributed by atoms with Gasteiger partial charge in [0, 0.05) is 57.7 Å². The molecular formula is C16H26N4O2. The summed E-state index contributed by atoms with van der Waals surface area (Å²) in [5, 5.41) is 0. The summed E-state index contributed by atoms with van der Waals surface area (Å²) in [6.45, 7) is 6.75. The van der Waals surface area contributed by atoms with Crippen LogP contribution in [0, 0.1) is 5.92 Å². The third-order valence-corrected chi connectivity index (χ3v) is 4.77. The highest BCUT2D eigenvalue weighted by Crippen LogP contribution is 2.17. The van der Waals surface area contributed by atoms with Crippen molar-refractivity contribution in [2.45, 2.75) is 25.7 Å². The van der Waals surface area contributed by atoms with Crippen LogP contribution >= 0.6 is 0 Å². The van der Waals surface area contributed by atoms with Gasteiger partial charge < -0.3 is 14.6 Å². The van der Waals surface area contributed by atoms with Gasteiger partial charge in [0.2, 0.25) is 5.91 Å². The van der Waals surface area contributed by atoms with Gasteiger partial charge in [-0.15, -0.1) is 0 Å². The number of rotatable bonds is 6. The molecule has 0 radical (unpaired) electrons. The molecule has 6 nitrogen and oxygen atoms in total. The molecule has 0 aliphatic carbocycles. The van der Waals surface area contributed by atoms with Gasteiger partial charge in [-0.2, -0.15) is 0 Å². The SMILES string of the molecule is O=C(CCc1cnc[nH]1)N1CCN(CCC2CCOC2)CC1. The van der Waals surface area contributed by atoms with Gasteiger partial charge in [-0.3, -0.25) is 9.69 Å². The molecule has 0 bridgehead atoms. The average Bonchev–Trinajstić information content (AvgIpc) is 3.24. The number of hydrogen-bond acceptors (Lipinski definition) is 4. The van der Waals surface area contributed by atoms with E-state index in [2.05, 4.69) is 14.9 Å². The fourth-order valence-electron chi connectivity index (χ4n) is 3.22. The van der Waals surface area contributed by atoms with Crippen LogP contribution in [-0.4, -0.2) is 71.6 Å². The summed E-state index contributed by atoms with van der Waals surface area (Å²) < 4.78 is 5.42. The fourth-order valence-corrected chi connectivity index (χ4v) is 3.22. The predicted molar refractivity (Wildman–Crippen MR) is 83.5 cm³/mol. The molecular weight excluding hydrogens is 280 g/mol. The molecule has 122 valence electrons. The molecule has 1 N–H and O–H groups in total. The van der Waals surface area contributed by atoms with Crippen LogP contribution in [0.25, 0.3) is 0 Å². The van der Waals surface area contributed by atoms with Gasteiger partial charge >= 0.3 is 0 Å². The van der Waals surface area contributed by atoms with Crippen molar-refractivity contribution >= 4 is 5.91 Å². The number of aryl methyl sites for hydroxylation is 1. The first-order valence-electron chi connectivity index (χ1n) is 8.36. The highest BCUT2D eigenvalue weighted by atomic mass is 16.5. The molecule has 2 fully saturated rings. The van der Waals surface area contributed by atoms with Gasteiger partial charge in [0.15, 0.2) is 0 Å². The second-order valence-electron chi connectivity index (χ2n) is 6.32. The Morgan fingerprint density at radius 2 is 2.23 bits per heavy atom. The zero-order chi connectivity index (χ0) is 15.2. The number of piperazine rings is 1. The van der Waals surface area contributed by atoms with E-state index in [0.717, 1.165) is 64.0 Å². The van der Waals surface area contributed by atoms with Crippen molar-refractivity contribution < 1.29 is 9.53 Å². The van der Waals surface area contributed by atoms with Gasteiger partial charge in [0.1, 0.15) is 0 Å². The molecule has 0 spiro atoms. The van der Waals surface area contributed by atoms with Gasteiger partial charge in [-0.05, 0) is 31.7 Å². The molecule has 0 aromatic carbocycles. The van der Waals surface area contributed by atoms with Crippen molar-refractivity contribution in [2.75, 3.05) is 45.9 Å². The minimum absolute atomic E-state index is 0.262. The van der Waals surface area contributed by atoms with Crippen molar-refractivity contribution in [3.05, 3.63) is 18.2 Å². The fraction of sp³-hybridized carbons (Fsp3) is 0.750. The second-order valence-corrected chi connectivity index (χ2v) is 6.32. The number of carbonyl (C=O) groups is 1. The number of ether oxygens (including phenoxy) is 1. The lowest BCUT2D eigenvalue weighted by atomic mass is 10.0. The molecule has 1 amide bonds. The lowest BCUT2D eigenvalue weighted by Crippen LogP contribution is -2.49. The van der Waals surface area contributed by atoms with E-state index in [1.54, 1.807) is 12.5 Å². The normalized spacial score (nSPS) is 23.1. The summed E-state index contributed by atoms with van der Waals surface area (Å²) in [7, 11) is 0. The largest absolute Gasteiger partial charge is 0.381 e. The van der Waals surface area contributed by atoms with Gasteiger partial charge in [-0.25, -0.2) is 4.98 Å². The molecule has 3 rings (SSSR count). The second kappa shape index (κ2) is 7.74.